The molecule has 0 amide bonds. The zero-order chi connectivity index (χ0) is 10.1. The van der Waals surface area contributed by atoms with Gasteiger partial charge < -0.3 is 14.2 Å². The fourth-order valence-electron chi connectivity index (χ4n) is 1.07. The molecule has 0 aliphatic heterocycles. The first-order valence-electron chi connectivity index (χ1n) is 4.91. The Labute approximate surface area is 81.4 Å². The Bertz CT molecular complexity index is 102. The maximum atomic E-state index is 5.63. The largest absolute Gasteiger partial charge is 0.382 e. The molecule has 0 heterocycles. The Balaban J connectivity index is 3.56. The van der Waals surface area contributed by atoms with Gasteiger partial charge in [0.15, 0.2) is 0 Å². The van der Waals surface area contributed by atoms with Crippen molar-refractivity contribution in [3.8, 4) is 0 Å². The lowest BCUT2D eigenvalue weighted by Crippen LogP contribution is -2.25. The smallest absolute Gasteiger partial charge is 0.0807 e. The van der Waals surface area contributed by atoms with Crippen molar-refractivity contribution >= 4 is 0 Å². The van der Waals surface area contributed by atoms with Crippen molar-refractivity contribution in [2.75, 3.05) is 27.4 Å². The van der Waals surface area contributed by atoms with E-state index in [1.165, 1.54) is 0 Å². The average molecular weight is 190 g/mol. The van der Waals surface area contributed by atoms with Crippen molar-refractivity contribution in [1.29, 1.82) is 0 Å². The lowest BCUT2D eigenvalue weighted by Gasteiger charge is -2.19. The van der Waals surface area contributed by atoms with Crippen LogP contribution in [0, 0.1) is 0 Å². The Morgan fingerprint density at radius 3 is 1.92 bits per heavy atom. The summed E-state index contributed by atoms with van der Waals surface area (Å²) < 4.78 is 15.9. The zero-order valence-corrected chi connectivity index (χ0v) is 9.21. The summed E-state index contributed by atoms with van der Waals surface area (Å²) in [7, 11) is 3.41. The lowest BCUT2D eigenvalue weighted by atomic mass is 10.2. The SMILES string of the molecule is CCC(COC(CC)COC)OC. The van der Waals surface area contributed by atoms with E-state index in [9.17, 15) is 0 Å². The second kappa shape index (κ2) is 8.48. The molecule has 0 aliphatic carbocycles. The third-order valence-corrected chi connectivity index (χ3v) is 2.11. The molecule has 0 radical (unpaired) electrons. The summed E-state index contributed by atoms with van der Waals surface area (Å²) in [6, 6.07) is 0. The van der Waals surface area contributed by atoms with Crippen molar-refractivity contribution in [2.45, 2.75) is 38.9 Å². The van der Waals surface area contributed by atoms with Gasteiger partial charge in [-0.25, -0.2) is 0 Å². The number of hydrogen-bond donors (Lipinski definition) is 0. The Morgan fingerprint density at radius 1 is 0.923 bits per heavy atom. The van der Waals surface area contributed by atoms with E-state index in [0.29, 0.717) is 13.2 Å². The number of methoxy groups -OCH3 is 2. The first-order chi connectivity index (χ1) is 6.28. The van der Waals surface area contributed by atoms with E-state index in [2.05, 4.69) is 13.8 Å². The van der Waals surface area contributed by atoms with E-state index in [1.807, 2.05) is 0 Å². The number of rotatable bonds is 8. The molecule has 2 unspecified atom stereocenters. The highest BCUT2D eigenvalue weighted by Crippen LogP contribution is 2.03. The second-order valence-electron chi connectivity index (χ2n) is 3.08. The van der Waals surface area contributed by atoms with Crippen LogP contribution in [0.1, 0.15) is 26.7 Å². The molecule has 2 atom stereocenters. The van der Waals surface area contributed by atoms with Gasteiger partial charge in [0.1, 0.15) is 0 Å². The summed E-state index contributed by atoms with van der Waals surface area (Å²) >= 11 is 0. The van der Waals surface area contributed by atoms with Gasteiger partial charge in [0.05, 0.1) is 25.4 Å². The normalized spacial score (nSPS) is 15.7. The molecule has 3 nitrogen and oxygen atoms in total. The minimum Gasteiger partial charge on any atom is -0.382 e. The van der Waals surface area contributed by atoms with Gasteiger partial charge in [-0.05, 0) is 12.8 Å². The lowest BCUT2D eigenvalue weighted by molar-refractivity contribution is -0.0533. The predicted octanol–water partition coefficient (Wildman–Crippen LogP) is 1.85. The second-order valence-corrected chi connectivity index (χ2v) is 3.08. The standard InChI is InChI=1S/C10H22O3/c1-5-9(12-4)8-13-10(6-2)7-11-3/h9-10H,5-8H2,1-4H3. The third kappa shape index (κ3) is 6.02. The minimum absolute atomic E-state index is 0.203. The van der Waals surface area contributed by atoms with Gasteiger partial charge >= 0.3 is 0 Å². The molecule has 0 fully saturated rings. The van der Waals surface area contributed by atoms with Gasteiger partial charge in [-0.2, -0.15) is 0 Å². The molecule has 0 bridgehead atoms. The third-order valence-electron chi connectivity index (χ3n) is 2.11. The highest BCUT2D eigenvalue weighted by atomic mass is 16.5. The molecule has 80 valence electrons. The Morgan fingerprint density at radius 2 is 1.54 bits per heavy atom. The van der Waals surface area contributed by atoms with Crippen LogP contribution in [-0.2, 0) is 14.2 Å². The van der Waals surface area contributed by atoms with Gasteiger partial charge in [0.2, 0.25) is 0 Å². The van der Waals surface area contributed by atoms with Crippen molar-refractivity contribution in [2.24, 2.45) is 0 Å². The van der Waals surface area contributed by atoms with Crippen LogP contribution in [0.25, 0.3) is 0 Å². The molecule has 0 saturated heterocycles. The van der Waals surface area contributed by atoms with Gasteiger partial charge in [-0.1, -0.05) is 13.8 Å². The van der Waals surface area contributed by atoms with Crippen molar-refractivity contribution in [1.82, 2.24) is 0 Å². The summed E-state index contributed by atoms with van der Waals surface area (Å²) in [5, 5.41) is 0. The van der Waals surface area contributed by atoms with Crippen LogP contribution in [-0.4, -0.2) is 39.6 Å². The van der Waals surface area contributed by atoms with Crippen LogP contribution < -0.4 is 0 Å². The maximum Gasteiger partial charge on any atom is 0.0807 e. The number of hydrogen-bond acceptors (Lipinski definition) is 3. The van der Waals surface area contributed by atoms with E-state index >= 15 is 0 Å². The summed E-state index contributed by atoms with van der Waals surface area (Å²) in [6.07, 6.45) is 2.38. The van der Waals surface area contributed by atoms with Gasteiger partial charge in [0.25, 0.3) is 0 Å². The monoisotopic (exact) mass is 190 g/mol. The Kier molecular flexibility index (Phi) is 8.40. The van der Waals surface area contributed by atoms with Gasteiger partial charge in [-0.15, -0.1) is 0 Å². The molecular formula is C10H22O3. The summed E-state index contributed by atoms with van der Waals surface area (Å²) in [6.45, 7) is 5.51. The van der Waals surface area contributed by atoms with Crippen LogP contribution in [0.5, 0.6) is 0 Å². The molecule has 3 heteroatoms. The zero-order valence-electron chi connectivity index (χ0n) is 9.21. The van der Waals surface area contributed by atoms with Crippen LogP contribution in [0.4, 0.5) is 0 Å². The van der Waals surface area contributed by atoms with Crippen molar-refractivity contribution in [3.63, 3.8) is 0 Å². The molecule has 0 N–H and O–H groups in total. The van der Waals surface area contributed by atoms with E-state index in [1.54, 1.807) is 14.2 Å². The van der Waals surface area contributed by atoms with Gasteiger partial charge in [0, 0.05) is 14.2 Å². The van der Waals surface area contributed by atoms with E-state index in [-0.39, 0.29) is 12.2 Å². The highest BCUT2D eigenvalue weighted by Gasteiger charge is 2.10. The van der Waals surface area contributed by atoms with Crippen molar-refractivity contribution < 1.29 is 14.2 Å². The molecule has 0 aromatic heterocycles. The fraction of sp³-hybridized carbons (Fsp3) is 1.00. The number of ether oxygens (including phenoxy) is 3. The van der Waals surface area contributed by atoms with Gasteiger partial charge in [-0.3, -0.25) is 0 Å². The molecule has 13 heavy (non-hydrogen) atoms. The molecule has 0 spiro atoms. The highest BCUT2D eigenvalue weighted by molar-refractivity contribution is 4.57. The van der Waals surface area contributed by atoms with Crippen LogP contribution >= 0.6 is 0 Å². The van der Waals surface area contributed by atoms with Crippen LogP contribution in [0.3, 0.4) is 0 Å². The first kappa shape index (κ1) is 12.9. The first-order valence-corrected chi connectivity index (χ1v) is 4.91. The quantitative estimate of drug-likeness (QED) is 0.584. The van der Waals surface area contributed by atoms with E-state index in [4.69, 9.17) is 14.2 Å². The molecule has 0 aromatic carbocycles. The maximum absolute atomic E-state index is 5.63. The van der Waals surface area contributed by atoms with E-state index in [0.717, 1.165) is 12.8 Å². The van der Waals surface area contributed by atoms with E-state index < -0.39 is 0 Å². The Hall–Kier alpha value is -0.120. The molecule has 0 aliphatic rings. The molecule has 0 rings (SSSR count). The predicted molar refractivity (Wildman–Crippen MR) is 53.0 cm³/mol. The minimum atomic E-state index is 0.203. The molecule has 0 saturated carbocycles. The van der Waals surface area contributed by atoms with Crippen molar-refractivity contribution in [3.05, 3.63) is 0 Å². The molecule has 0 aromatic rings. The summed E-state index contributed by atoms with van der Waals surface area (Å²) in [5.74, 6) is 0. The summed E-state index contributed by atoms with van der Waals surface area (Å²) in [5.41, 5.74) is 0. The van der Waals surface area contributed by atoms with Crippen LogP contribution in [0.15, 0.2) is 0 Å². The average Bonchev–Trinajstić information content (AvgIpc) is 2.17. The van der Waals surface area contributed by atoms with Crippen LogP contribution in [0.2, 0.25) is 0 Å². The molecular weight excluding hydrogens is 168 g/mol. The fourth-order valence-corrected chi connectivity index (χ4v) is 1.07. The summed E-state index contributed by atoms with van der Waals surface area (Å²) in [4.78, 5) is 0. The topological polar surface area (TPSA) is 27.7 Å².